The number of carbonyl (C=O) groups is 1. The fourth-order valence-corrected chi connectivity index (χ4v) is 1.70. The molecule has 0 aliphatic heterocycles. The van der Waals surface area contributed by atoms with Crippen molar-refractivity contribution in [3.8, 4) is 5.75 Å². The number of phenolic OH excluding ortho intramolecular Hbond substituents is 1. The first kappa shape index (κ1) is 13.6. The minimum Gasteiger partial charge on any atom is -0.508 e. The van der Waals surface area contributed by atoms with E-state index in [4.69, 9.17) is 0 Å². The third-order valence-corrected chi connectivity index (χ3v) is 3.09. The second kappa shape index (κ2) is 6.28. The summed E-state index contributed by atoms with van der Waals surface area (Å²) in [5.74, 6) is 0.424. The molecule has 1 aromatic rings. The lowest BCUT2D eigenvalue weighted by Crippen LogP contribution is -2.29. The molecule has 3 heteroatoms. The van der Waals surface area contributed by atoms with Gasteiger partial charge in [0, 0.05) is 13.5 Å². The van der Waals surface area contributed by atoms with E-state index < -0.39 is 0 Å². The summed E-state index contributed by atoms with van der Waals surface area (Å²) in [6.45, 7) is 4.08. The average Bonchev–Trinajstić information content (AvgIpc) is 2.35. The number of carbonyl (C=O) groups excluding carboxylic acids is 1. The Bertz CT molecular complexity index is 359. The molecule has 0 fully saturated rings. The Hall–Kier alpha value is -1.51. The molecule has 17 heavy (non-hydrogen) atoms. The van der Waals surface area contributed by atoms with Crippen LogP contribution in [0, 0.1) is 0 Å². The second-order valence-corrected chi connectivity index (χ2v) is 4.38. The fraction of sp³-hybridized carbons (Fsp3) is 0.500. The van der Waals surface area contributed by atoms with E-state index in [2.05, 4.69) is 6.92 Å². The molecule has 1 unspecified atom stereocenters. The maximum absolute atomic E-state index is 11.9. The Balaban J connectivity index is 2.65. The molecule has 0 aliphatic rings. The Morgan fingerprint density at radius 2 is 1.94 bits per heavy atom. The van der Waals surface area contributed by atoms with E-state index in [9.17, 15) is 9.90 Å². The summed E-state index contributed by atoms with van der Waals surface area (Å²) in [6.07, 6.45) is 2.58. The zero-order valence-electron chi connectivity index (χ0n) is 10.8. The van der Waals surface area contributed by atoms with Crippen molar-refractivity contribution in [2.75, 3.05) is 7.05 Å². The molecule has 1 amide bonds. The van der Waals surface area contributed by atoms with Crippen molar-refractivity contribution in [2.24, 2.45) is 0 Å². The summed E-state index contributed by atoms with van der Waals surface area (Å²) in [5.41, 5.74) is 1.04. The zero-order chi connectivity index (χ0) is 12.8. The molecule has 1 N–H and O–H groups in total. The van der Waals surface area contributed by atoms with Crippen LogP contribution < -0.4 is 0 Å². The van der Waals surface area contributed by atoms with Crippen molar-refractivity contribution in [3.63, 3.8) is 0 Å². The topological polar surface area (TPSA) is 40.5 Å². The van der Waals surface area contributed by atoms with E-state index in [0.29, 0.717) is 6.42 Å². The van der Waals surface area contributed by atoms with Gasteiger partial charge in [0.2, 0.25) is 5.91 Å². The highest BCUT2D eigenvalue weighted by atomic mass is 16.3. The molecule has 0 spiro atoms. The number of phenols is 1. The van der Waals surface area contributed by atoms with Gasteiger partial charge in [-0.1, -0.05) is 25.5 Å². The summed E-state index contributed by atoms with van der Waals surface area (Å²) in [4.78, 5) is 13.6. The first-order chi connectivity index (χ1) is 8.06. The number of unbranched alkanes of at least 4 members (excludes halogenated alkanes) is 1. The first-order valence-electron chi connectivity index (χ1n) is 6.10. The quantitative estimate of drug-likeness (QED) is 0.852. The van der Waals surface area contributed by atoms with Crippen molar-refractivity contribution in [3.05, 3.63) is 29.8 Å². The summed E-state index contributed by atoms with van der Waals surface area (Å²) in [7, 11) is 1.83. The fourth-order valence-electron chi connectivity index (χ4n) is 1.70. The number of amides is 1. The van der Waals surface area contributed by atoms with Crippen LogP contribution in [0.2, 0.25) is 0 Å². The zero-order valence-corrected chi connectivity index (χ0v) is 10.8. The molecule has 3 nitrogen and oxygen atoms in total. The maximum atomic E-state index is 11.9. The van der Waals surface area contributed by atoms with Crippen molar-refractivity contribution in [2.45, 2.75) is 39.2 Å². The normalized spacial score (nSPS) is 12.2. The first-order valence-corrected chi connectivity index (χ1v) is 6.10. The van der Waals surface area contributed by atoms with E-state index in [1.54, 1.807) is 17.0 Å². The molecule has 1 rings (SSSR count). The van der Waals surface area contributed by atoms with Crippen LogP contribution in [0.25, 0.3) is 0 Å². The van der Waals surface area contributed by atoms with E-state index >= 15 is 0 Å². The van der Waals surface area contributed by atoms with Crippen LogP contribution >= 0.6 is 0 Å². The van der Waals surface area contributed by atoms with Crippen LogP contribution in [0.4, 0.5) is 0 Å². The van der Waals surface area contributed by atoms with Gasteiger partial charge in [-0.3, -0.25) is 4.79 Å². The summed E-state index contributed by atoms with van der Waals surface area (Å²) >= 11 is 0. The largest absolute Gasteiger partial charge is 0.508 e. The number of benzene rings is 1. The number of rotatable bonds is 5. The Kier molecular flexibility index (Phi) is 5.01. The highest BCUT2D eigenvalue weighted by Crippen LogP contribution is 2.21. The SMILES string of the molecule is CCCCC(=O)N(C)C(C)c1ccc(O)cc1. The van der Waals surface area contributed by atoms with Gasteiger partial charge >= 0.3 is 0 Å². The van der Waals surface area contributed by atoms with E-state index in [1.165, 1.54) is 0 Å². The highest BCUT2D eigenvalue weighted by Gasteiger charge is 2.16. The second-order valence-electron chi connectivity index (χ2n) is 4.38. The van der Waals surface area contributed by atoms with Crippen LogP contribution in [0.5, 0.6) is 5.75 Å². The van der Waals surface area contributed by atoms with Crippen molar-refractivity contribution < 1.29 is 9.90 Å². The lowest BCUT2D eigenvalue weighted by atomic mass is 10.1. The minimum absolute atomic E-state index is 0.0416. The van der Waals surface area contributed by atoms with Gasteiger partial charge in [0.05, 0.1) is 6.04 Å². The molecule has 0 bridgehead atoms. The monoisotopic (exact) mass is 235 g/mol. The third kappa shape index (κ3) is 3.77. The van der Waals surface area contributed by atoms with Crippen LogP contribution in [0.1, 0.15) is 44.7 Å². The van der Waals surface area contributed by atoms with Crippen LogP contribution in [0.15, 0.2) is 24.3 Å². The molecule has 0 radical (unpaired) electrons. The smallest absolute Gasteiger partial charge is 0.222 e. The highest BCUT2D eigenvalue weighted by molar-refractivity contribution is 5.76. The standard InChI is InChI=1S/C14H21NO2/c1-4-5-6-14(17)15(3)11(2)12-7-9-13(16)10-8-12/h7-11,16H,4-6H2,1-3H3. The van der Waals surface area contributed by atoms with Crippen molar-refractivity contribution >= 4 is 5.91 Å². The van der Waals surface area contributed by atoms with E-state index in [1.807, 2.05) is 26.1 Å². The van der Waals surface area contributed by atoms with Crippen molar-refractivity contribution in [1.29, 1.82) is 0 Å². The minimum atomic E-state index is 0.0416. The molecule has 1 atom stereocenters. The van der Waals surface area contributed by atoms with Crippen LogP contribution in [-0.4, -0.2) is 23.0 Å². The van der Waals surface area contributed by atoms with Gasteiger partial charge in [-0.05, 0) is 31.0 Å². The van der Waals surface area contributed by atoms with Gasteiger partial charge in [-0.15, -0.1) is 0 Å². The van der Waals surface area contributed by atoms with Crippen molar-refractivity contribution in [1.82, 2.24) is 4.90 Å². The van der Waals surface area contributed by atoms with E-state index in [-0.39, 0.29) is 17.7 Å². The number of hydrogen-bond acceptors (Lipinski definition) is 2. The molecule has 0 aliphatic carbocycles. The van der Waals surface area contributed by atoms with Crippen LogP contribution in [-0.2, 0) is 4.79 Å². The summed E-state index contributed by atoms with van der Waals surface area (Å²) < 4.78 is 0. The molecule has 94 valence electrons. The number of hydrogen-bond donors (Lipinski definition) is 1. The number of aromatic hydroxyl groups is 1. The Morgan fingerprint density at radius 1 is 1.35 bits per heavy atom. The van der Waals surface area contributed by atoms with Gasteiger partial charge in [-0.2, -0.15) is 0 Å². The molecule has 0 saturated carbocycles. The Labute approximate surface area is 103 Å². The molecule has 0 aromatic heterocycles. The summed E-state index contributed by atoms with van der Waals surface area (Å²) in [6, 6.07) is 7.04. The molecule has 0 saturated heterocycles. The van der Waals surface area contributed by atoms with E-state index in [0.717, 1.165) is 18.4 Å². The van der Waals surface area contributed by atoms with Gasteiger partial charge in [-0.25, -0.2) is 0 Å². The van der Waals surface area contributed by atoms with Gasteiger partial charge in [0.15, 0.2) is 0 Å². The molecule has 1 aromatic carbocycles. The van der Waals surface area contributed by atoms with Gasteiger partial charge in [0.25, 0.3) is 0 Å². The maximum Gasteiger partial charge on any atom is 0.222 e. The Morgan fingerprint density at radius 3 is 2.47 bits per heavy atom. The molecular weight excluding hydrogens is 214 g/mol. The predicted octanol–water partition coefficient (Wildman–Crippen LogP) is 3.10. The predicted molar refractivity (Wildman–Crippen MR) is 68.8 cm³/mol. The van der Waals surface area contributed by atoms with Gasteiger partial charge in [0.1, 0.15) is 5.75 Å². The van der Waals surface area contributed by atoms with Gasteiger partial charge < -0.3 is 10.0 Å². The van der Waals surface area contributed by atoms with Crippen LogP contribution in [0.3, 0.4) is 0 Å². The molecular formula is C14H21NO2. The lowest BCUT2D eigenvalue weighted by molar-refractivity contribution is -0.131. The summed E-state index contributed by atoms with van der Waals surface area (Å²) in [5, 5.41) is 9.22. The number of nitrogens with zero attached hydrogens (tertiary/aromatic N) is 1. The average molecular weight is 235 g/mol. The lowest BCUT2D eigenvalue weighted by Gasteiger charge is -2.25. The molecule has 0 heterocycles. The third-order valence-electron chi connectivity index (χ3n) is 3.09.